The SMILES string of the molecule is C=CC12C3C4C5CC(=O)C(C43)C1C52. The van der Waals surface area contributed by atoms with Crippen LogP contribution < -0.4 is 0 Å². The van der Waals surface area contributed by atoms with Gasteiger partial charge < -0.3 is 0 Å². The number of hydrogen-bond acceptors (Lipinski definition) is 1. The van der Waals surface area contributed by atoms with Crippen LogP contribution in [0.3, 0.4) is 0 Å². The van der Waals surface area contributed by atoms with E-state index in [1.807, 2.05) is 0 Å². The van der Waals surface area contributed by atoms with E-state index in [0.717, 1.165) is 41.9 Å². The number of ketones is 1. The molecule has 0 aromatic heterocycles. The predicted octanol–water partition coefficient (Wildman–Crippen LogP) is 1.50. The average Bonchev–Trinajstić information content (AvgIpc) is 2.94. The number of carbonyl (C=O) groups is 1. The molecule has 13 heavy (non-hydrogen) atoms. The van der Waals surface area contributed by atoms with Crippen molar-refractivity contribution in [1.29, 1.82) is 0 Å². The molecule has 0 aromatic rings. The van der Waals surface area contributed by atoms with Crippen molar-refractivity contribution < 1.29 is 4.79 Å². The highest BCUT2D eigenvalue weighted by Gasteiger charge is 2.95. The Morgan fingerprint density at radius 1 is 1.31 bits per heavy atom. The lowest BCUT2D eigenvalue weighted by molar-refractivity contribution is -0.130. The molecule has 2 bridgehead atoms. The average molecular weight is 172 g/mol. The molecule has 6 aliphatic rings. The maximum absolute atomic E-state index is 11.8. The zero-order chi connectivity index (χ0) is 8.53. The van der Waals surface area contributed by atoms with Gasteiger partial charge in [-0.1, -0.05) is 6.08 Å². The van der Waals surface area contributed by atoms with Crippen molar-refractivity contribution in [1.82, 2.24) is 0 Å². The monoisotopic (exact) mass is 172 g/mol. The number of fused-ring (bicyclic) bond motifs is 1. The smallest absolute Gasteiger partial charge is 0.136 e. The van der Waals surface area contributed by atoms with E-state index < -0.39 is 0 Å². The molecule has 1 heteroatoms. The summed E-state index contributed by atoms with van der Waals surface area (Å²) in [6.45, 7) is 4.02. The molecule has 0 spiro atoms. The van der Waals surface area contributed by atoms with E-state index in [1.165, 1.54) is 0 Å². The summed E-state index contributed by atoms with van der Waals surface area (Å²) in [7, 11) is 0. The van der Waals surface area contributed by atoms with E-state index in [4.69, 9.17) is 0 Å². The first-order valence-electron chi connectivity index (χ1n) is 5.48. The normalized spacial score (nSPS) is 78.5. The Balaban J connectivity index is 1.84. The third-order valence-electron chi connectivity index (χ3n) is 6.06. The molecular weight excluding hydrogens is 160 g/mol. The third-order valence-corrected chi connectivity index (χ3v) is 6.06. The Bertz CT molecular complexity index is 379. The minimum atomic E-state index is 0.497. The van der Waals surface area contributed by atoms with Gasteiger partial charge in [0.2, 0.25) is 0 Å². The second kappa shape index (κ2) is 1.25. The summed E-state index contributed by atoms with van der Waals surface area (Å²) in [6.07, 6.45) is 3.15. The Morgan fingerprint density at radius 2 is 2.15 bits per heavy atom. The molecule has 0 aromatic carbocycles. The Labute approximate surface area is 77.2 Å². The zero-order valence-corrected chi connectivity index (χ0v) is 7.44. The number of allylic oxidation sites excluding steroid dienone is 1. The van der Waals surface area contributed by atoms with Crippen LogP contribution >= 0.6 is 0 Å². The molecule has 6 aliphatic carbocycles. The maximum atomic E-state index is 11.8. The van der Waals surface area contributed by atoms with Crippen molar-refractivity contribution in [2.24, 2.45) is 46.8 Å². The summed E-state index contributed by atoms with van der Waals surface area (Å²) >= 11 is 0. The quantitative estimate of drug-likeness (QED) is 0.548. The molecule has 8 atom stereocenters. The first-order chi connectivity index (χ1) is 6.32. The van der Waals surface area contributed by atoms with Gasteiger partial charge in [-0.05, 0) is 40.9 Å². The van der Waals surface area contributed by atoms with Crippen molar-refractivity contribution in [2.45, 2.75) is 6.42 Å². The lowest BCUT2D eigenvalue weighted by Crippen LogP contribution is -2.35. The van der Waals surface area contributed by atoms with Crippen molar-refractivity contribution in [3.8, 4) is 0 Å². The highest BCUT2D eigenvalue weighted by atomic mass is 16.1. The van der Waals surface area contributed by atoms with Crippen LogP contribution in [0, 0.1) is 46.8 Å². The van der Waals surface area contributed by atoms with Crippen LogP contribution in [-0.2, 0) is 4.79 Å². The van der Waals surface area contributed by atoms with Gasteiger partial charge >= 0.3 is 0 Å². The predicted molar refractivity (Wildman–Crippen MR) is 46.7 cm³/mol. The molecule has 0 saturated heterocycles. The molecule has 0 heterocycles. The number of rotatable bonds is 1. The number of carbonyl (C=O) groups excluding carboxylic acids is 1. The second-order valence-electron chi connectivity index (χ2n) is 5.80. The lowest BCUT2D eigenvalue weighted by Gasteiger charge is -2.32. The highest BCUT2D eigenvalue weighted by Crippen LogP contribution is 2.96. The molecule has 0 radical (unpaired) electrons. The molecule has 66 valence electrons. The Hall–Kier alpha value is -0.590. The summed E-state index contributed by atoms with van der Waals surface area (Å²) in [4.78, 5) is 11.8. The van der Waals surface area contributed by atoms with E-state index in [-0.39, 0.29) is 0 Å². The fourth-order valence-electron chi connectivity index (χ4n) is 6.07. The number of Topliss-reactive ketones (excluding diaryl/α,β-unsaturated/α-hetero) is 1. The molecule has 1 nitrogen and oxygen atoms in total. The fraction of sp³-hybridized carbons (Fsp3) is 0.750. The van der Waals surface area contributed by atoms with Crippen molar-refractivity contribution in [2.75, 3.05) is 0 Å². The molecule has 0 aliphatic heterocycles. The second-order valence-corrected chi connectivity index (χ2v) is 5.80. The summed E-state index contributed by atoms with van der Waals surface area (Å²) < 4.78 is 0. The molecule has 6 saturated carbocycles. The van der Waals surface area contributed by atoms with E-state index in [1.54, 1.807) is 0 Å². The zero-order valence-electron chi connectivity index (χ0n) is 7.44. The van der Waals surface area contributed by atoms with Crippen LogP contribution in [0.15, 0.2) is 12.7 Å². The highest BCUT2D eigenvalue weighted by molar-refractivity contribution is 5.88. The van der Waals surface area contributed by atoms with E-state index in [2.05, 4.69) is 12.7 Å². The first-order valence-corrected chi connectivity index (χ1v) is 5.48. The molecule has 8 unspecified atom stereocenters. The van der Waals surface area contributed by atoms with Crippen LogP contribution in [0.25, 0.3) is 0 Å². The van der Waals surface area contributed by atoms with Crippen LogP contribution in [0.1, 0.15) is 6.42 Å². The van der Waals surface area contributed by atoms with Crippen molar-refractivity contribution in [3.05, 3.63) is 12.7 Å². The Morgan fingerprint density at radius 3 is 2.69 bits per heavy atom. The van der Waals surface area contributed by atoms with E-state index in [0.29, 0.717) is 17.1 Å². The van der Waals surface area contributed by atoms with Gasteiger partial charge in [0.15, 0.2) is 0 Å². The first kappa shape index (κ1) is 6.00. The molecule has 6 fully saturated rings. The number of hydrogen-bond donors (Lipinski definition) is 0. The van der Waals surface area contributed by atoms with Gasteiger partial charge in [-0.25, -0.2) is 0 Å². The van der Waals surface area contributed by atoms with Crippen LogP contribution in [0.5, 0.6) is 0 Å². The molecule has 6 rings (SSSR count). The summed E-state index contributed by atoms with van der Waals surface area (Å²) in [5.74, 6) is 6.31. The fourth-order valence-corrected chi connectivity index (χ4v) is 6.07. The van der Waals surface area contributed by atoms with Crippen LogP contribution in [0.2, 0.25) is 0 Å². The molecule has 0 amide bonds. The van der Waals surface area contributed by atoms with Crippen LogP contribution in [-0.4, -0.2) is 5.78 Å². The minimum Gasteiger partial charge on any atom is -0.299 e. The van der Waals surface area contributed by atoms with E-state index in [9.17, 15) is 4.79 Å². The standard InChI is InChI=1S/C12H12O/c1-2-12-9-4-3-5(13)7(11(9)12)8-6(4)10(8)12/h2,4,6-11H,1,3H2. The van der Waals surface area contributed by atoms with Gasteiger partial charge in [0.25, 0.3) is 0 Å². The van der Waals surface area contributed by atoms with E-state index >= 15 is 0 Å². The van der Waals surface area contributed by atoms with Gasteiger partial charge in [-0.3, -0.25) is 4.79 Å². The molecule has 0 N–H and O–H groups in total. The summed E-state index contributed by atoms with van der Waals surface area (Å²) in [5.41, 5.74) is 0.497. The summed E-state index contributed by atoms with van der Waals surface area (Å²) in [6, 6.07) is 0. The summed E-state index contributed by atoms with van der Waals surface area (Å²) in [5, 5.41) is 0. The van der Waals surface area contributed by atoms with Crippen molar-refractivity contribution >= 4 is 5.78 Å². The maximum Gasteiger partial charge on any atom is 0.136 e. The molecular formula is C12H12O. The van der Waals surface area contributed by atoms with Crippen molar-refractivity contribution in [3.63, 3.8) is 0 Å². The lowest BCUT2D eigenvalue weighted by atomic mass is 9.70. The topological polar surface area (TPSA) is 17.1 Å². The Kier molecular flexibility index (Phi) is 0.578. The van der Waals surface area contributed by atoms with Gasteiger partial charge in [-0.2, -0.15) is 0 Å². The van der Waals surface area contributed by atoms with Gasteiger partial charge in [-0.15, -0.1) is 6.58 Å². The largest absolute Gasteiger partial charge is 0.299 e. The van der Waals surface area contributed by atoms with Gasteiger partial charge in [0, 0.05) is 12.3 Å². The van der Waals surface area contributed by atoms with Crippen LogP contribution in [0.4, 0.5) is 0 Å². The minimum absolute atomic E-state index is 0.497. The van der Waals surface area contributed by atoms with Gasteiger partial charge in [0.05, 0.1) is 0 Å². The third kappa shape index (κ3) is 0.318. The van der Waals surface area contributed by atoms with Gasteiger partial charge in [0.1, 0.15) is 5.78 Å².